The molecule has 0 saturated carbocycles. The van der Waals surface area contributed by atoms with Gasteiger partial charge in [-0.05, 0) is 24.5 Å². The Morgan fingerprint density at radius 1 is 0.933 bits per heavy atom. The first-order valence-electron chi connectivity index (χ1n) is 10.3. The third-order valence-corrected chi connectivity index (χ3v) is 7.09. The Balaban J connectivity index is 1.71. The first-order valence-corrected chi connectivity index (χ1v) is 11.6. The zero-order valence-electron chi connectivity index (χ0n) is 17.3. The van der Waals surface area contributed by atoms with Crippen molar-refractivity contribution in [3.05, 3.63) is 71.8 Å². The van der Waals surface area contributed by atoms with Gasteiger partial charge < -0.3 is 9.64 Å². The van der Waals surface area contributed by atoms with E-state index >= 15 is 0 Å². The van der Waals surface area contributed by atoms with Gasteiger partial charge in [0.15, 0.2) is 0 Å². The van der Waals surface area contributed by atoms with E-state index in [1.165, 1.54) is 8.61 Å². The van der Waals surface area contributed by atoms with Crippen LogP contribution in [-0.4, -0.2) is 67.4 Å². The molecule has 0 bridgehead atoms. The Bertz CT molecular complexity index is 898. The summed E-state index contributed by atoms with van der Waals surface area (Å²) < 4.78 is 34.9. The van der Waals surface area contributed by atoms with Crippen LogP contribution in [0.5, 0.6) is 0 Å². The van der Waals surface area contributed by atoms with Crippen molar-refractivity contribution in [2.45, 2.75) is 19.9 Å². The maximum Gasteiger partial charge on any atom is 0.409 e. The predicted molar refractivity (Wildman–Crippen MR) is 116 cm³/mol. The van der Waals surface area contributed by atoms with Crippen molar-refractivity contribution in [1.29, 1.82) is 0 Å². The average molecular weight is 432 g/mol. The second-order valence-electron chi connectivity index (χ2n) is 7.15. The zero-order valence-corrected chi connectivity index (χ0v) is 18.1. The molecule has 1 fully saturated rings. The average Bonchev–Trinajstić information content (AvgIpc) is 2.78. The van der Waals surface area contributed by atoms with Crippen LogP contribution < -0.4 is 0 Å². The Hall–Kier alpha value is -2.42. The van der Waals surface area contributed by atoms with Crippen molar-refractivity contribution >= 4 is 16.3 Å². The highest BCUT2D eigenvalue weighted by molar-refractivity contribution is 7.86. The van der Waals surface area contributed by atoms with Crippen LogP contribution in [0.1, 0.15) is 18.1 Å². The first-order chi connectivity index (χ1) is 14.5. The number of benzene rings is 2. The quantitative estimate of drug-likeness (QED) is 0.644. The number of hydrogen-bond donors (Lipinski definition) is 0. The van der Waals surface area contributed by atoms with Crippen molar-refractivity contribution in [3.63, 3.8) is 0 Å². The van der Waals surface area contributed by atoms with Crippen molar-refractivity contribution in [1.82, 2.24) is 13.5 Å². The summed E-state index contributed by atoms with van der Waals surface area (Å²) in [6.07, 6.45) is 0.246. The molecule has 0 unspecified atom stereocenters. The number of hydrogen-bond acceptors (Lipinski definition) is 4. The summed E-state index contributed by atoms with van der Waals surface area (Å²) in [5.41, 5.74) is 2.04. The molecular formula is C22H29N3O4S. The summed E-state index contributed by atoms with van der Waals surface area (Å²) >= 11 is 0. The van der Waals surface area contributed by atoms with Crippen molar-refractivity contribution < 1.29 is 17.9 Å². The number of ether oxygens (including phenoxy) is 1. The summed E-state index contributed by atoms with van der Waals surface area (Å²) in [4.78, 5) is 13.5. The van der Waals surface area contributed by atoms with Crippen molar-refractivity contribution in [2.24, 2.45) is 0 Å². The molecule has 1 amide bonds. The van der Waals surface area contributed by atoms with E-state index in [-0.39, 0.29) is 19.2 Å². The molecule has 7 nitrogen and oxygen atoms in total. The van der Waals surface area contributed by atoms with Gasteiger partial charge in [0, 0.05) is 39.3 Å². The van der Waals surface area contributed by atoms with E-state index in [0.29, 0.717) is 39.2 Å². The molecule has 2 aromatic carbocycles. The minimum absolute atomic E-state index is 0.262. The second kappa shape index (κ2) is 10.6. The highest BCUT2D eigenvalue weighted by Gasteiger charge is 2.33. The minimum atomic E-state index is -3.67. The van der Waals surface area contributed by atoms with Crippen LogP contribution in [0.15, 0.2) is 60.7 Å². The highest BCUT2D eigenvalue weighted by Crippen LogP contribution is 2.17. The molecule has 0 atom stereocenters. The Morgan fingerprint density at radius 2 is 1.50 bits per heavy atom. The van der Waals surface area contributed by atoms with Gasteiger partial charge in [0.2, 0.25) is 0 Å². The molecule has 1 aliphatic rings. The molecule has 1 saturated heterocycles. The molecule has 0 radical (unpaired) electrons. The number of nitrogens with zero attached hydrogens (tertiary/aromatic N) is 3. The minimum Gasteiger partial charge on any atom is -0.450 e. The van der Waals surface area contributed by atoms with Crippen LogP contribution in [0, 0.1) is 0 Å². The number of carbonyl (C=O) groups is 1. The number of amides is 1. The van der Waals surface area contributed by atoms with Crippen molar-refractivity contribution in [3.8, 4) is 0 Å². The van der Waals surface area contributed by atoms with Crippen LogP contribution in [0.4, 0.5) is 4.79 Å². The number of carbonyl (C=O) groups excluding carboxylic acids is 1. The van der Waals surface area contributed by atoms with E-state index in [4.69, 9.17) is 4.74 Å². The molecule has 162 valence electrons. The van der Waals surface area contributed by atoms with Gasteiger partial charge in [-0.1, -0.05) is 60.7 Å². The molecule has 30 heavy (non-hydrogen) atoms. The van der Waals surface area contributed by atoms with Gasteiger partial charge >= 0.3 is 6.09 Å². The van der Waals surface area contributed by atoms with E-state index in [2.05, 4.69) is 0 Å². The molecule has 0 spiro atoms. The molecular weight excluding hydrogens is 402 g/mol. The second-order valence-corrected chi connectivity index (χ2v) is 9.08. The van der Waals surface area contributed by atoms with Gasteiger partial charge in [-0.15, -0.1) is 0 Å². The Morgan fingerprint density at radius 3 is 2.07 bits per heavy atom. The van der Waals surface area contributed by atoms with Gasteiger partial charge in [-0.2, -0.15) is 17.0 Å². The third kappa shape index (κ3) is 5.81. The van der Waals surface area contributed by atoms with Crippen LogP contribution in [0.25, 0.3) is 0 Å². The molecule has 8 heteroatoms. The van der Waals surface area contributed by atoms with E-state index in [1.807, 2.05) is 60.7 Å². The molecule has 1 aliphatic heterocycles. The summed E-state index contributed by atoms with van der Waals surface area (Å²) in [5.74, 6) is 0. The van der Waals surface area contributed by atoms with Gasteiger partial charge in [0.05, 0.1) is 6.61 Å². The van der Waals surface area contributed by atoms with Crippen LogP contribution in [-0.2, 0) is 27.9 Å². The molecule has 0 aromatic heterocycles. The maximum atomic E-state index is 13.4. The fraction of sp³-hybridized carbons (Fsp3) is 0.409. The van der Waals surface area contributed by atoms with E-state index in [0.717, 1.165) is 11.1 Å². The normalized spacial score (nSPS) is 15.3. The van der Waals surface area contributed by atoms with Crippen LogP contribution in [0.3, 0.4) is 0 Å². The third-order valence-electron chi connectivity index (χ3n) is 5.11. The molecule has 0 N–H and O–H groups in total. The van der Waals surface area contributed by atoms with E-state index in [1.54, 1.807) is 11.8 Å². The molecule has 3 rings (SSSR count). The standard InChI is InChI=1S/C22H29N3O4S/c1-2-29-22(26)23-15-17-24(18-16-23)30(27,28)25(19-21-11-7-4-8-12-21)14-13-20-9-5-3-6-10-20/h3-12H,2,13-19H2,1H3. The fourth-order valence-corrected chi connectivity index (χ4v) is 5.03. The lowest BCUT2D eigenvalue weighted by Gasteiger charge is -2.36. The topological polar surface area (TPSA) is 70.2 Å². The smallest absolute Gasteiger partial charge is 0.409 e. The highest BCUT2D eigenvalue weighted by atomic mass is 32.2. The van der Waals surface area contributed by atoms with Gasteiger partial charge in [-0.25, -0.2) is 4.79 Å². The van der Waals surface area contributed by atoms with Crippen LogP contribution >= 0.6 is 0 Å². The largest absolute Gasteiger partial charge is 0.450 e. The molecule has 2 aromatic rings. The van der Waals surface area contributed by atoms with Gasteiger partial charge in [0.25, 0.3) is 10.2 Å². The van der Waals surface area contributed by atoms with Gasteiger partial charge in [0.1, 0.15) is 0 Å². The summed E-state index contributed by atoms with van der Waals surface area (Å²) in [6, 6.07) is 19.5. The summed E-state index contributed by atoms with van der Waals surface area (Å²) in [7, 11) is -3.67. The first kappa shape index (κ1) is 22.3. The van der Waals surface area contributed by atoms with Gasteiger partial charge in [-0.3, -0.25) is 0 Å². The van der Waals surface area contributed by atoms with E-state index < -0.39 is 10.2 Å². The zero-order chi connectivity index (χ0) is 21.4. The Kier molecular flexibility index (Phi) is 7.84. The Labute approximate surface area is 179 Å². The molecule has 1 heterocycles. The number of piperazine rings is 1. The van der Waals surface area contributed by atoms with E-state index in [9.17, 15) is 13.2 Å². The fourth-order valence-electron chi connectivity index (χ4n) is 3.44. The molecule has 0 aliphatic carbocycles. The number of rotatable bonds is 8. The predicted octanol–water partition coefficient (Wildman–Crippen LogP) is 2.75. The van der Waals surface area contributed by atoms with Crippen molar-refractivity contribution in [2.75, 3.05) is 39.3 Å². The summed E-state index contributed by atoms with van der Waals surface area (Å²) in [5, 5.41) is 0. The maximum absolute atomic E-state index is 13.4. The lowest BCUT2D eigenvalue weighted by atomic mass is 10.1. The lowest BCUT2D eigenvalue weighted by molar-refractivity contribution is 0.0923. The summed E-state index contributed by atoms with van der Waals surface area (Å²) in [6.45, 7) is 3.95. The lowest BCUT2D eigenvalue weighted by Crippen LogP contribution is -2.54. The van der Waals surface area contributed by atoms with Crippen LogP contribution in [0.2, 0.25) is 0 Å². The monoisotopic (exact) mass is 431 g/mol. The SMILES string of the molecule is CCOC(=O)N1CCN(S(=O)(=O)N(CCc2ccccc2)Cc2ccccc2)CC1.